The number of hydrogen-bond acceptors (Lipinski definition) is 7. The SMILES string of the molecule is CCCCCCCCCCCCOc1cc(COc2ccc(-c3ccc4cc(-c5ccc(CC6C(=O)NC(=O)NC6=O)cc5)ccc4c3)cc2)cc(OCCCCCCCCCCCC)c1OCCCCCCCCCCCC. The van der Waals surface area contributed by atoms with Crippen molar-refractivity contribution in [1.82, 2.24) is 10.6 Å². The predicted molar refractivity (Wildman–Crippen MR) is 326 cm³/mol. The fourth-order valence-corrected chi connectivity index (χ4v) is 10.7. The van der Waals surface area contributed by atoms with Gasteiger partial charge in [0.2, 0.25) is 17.6 Å². The van der Waals surface area contributed by atoms with E-state index in [4.69, 9.17) is 18.9 Å². The van der Waals surface area contributed by atoms with Gasteiger partial charge in [-0.05, 0) is 106 Å². The molecule has 79 heavy (non-hydrogen) atoms. The van der Waals surface area contributed by atoms with Gasteiger partial charge in [-0.25, -0.2) is 4.79 Å². The van der Waals surface area contributed by atoms with Crippen LogP contribution in [0.1, 0.15) is 225 Å². The molecule has 0 bridgehead atoms. The first-order chi connectivity index (χ1) is 38.8. The standard InChI is InChI=1S/C70H98N2O7/c1-4-7-10-13-16-19-22-25-28-31-46-76-65-50-56(51-66(77-47-32-29-26-23-20-17-14-11-8-5-2)67(65)78-48-33-30-27-24-21-18-15-12-9-6-3)54-79-63-44-42-58(43-45-63)60-39-41-61-52-59(38-40-62(61)53-60)57-36-34-55(35-37-57)49-64-68(73)71-70(75)72-69(64)74/h34-45,50-53,64H,4-33,46-49,54H2,1-3H3,(H2,71,72,73,74,75). The van der Waals surface area contributed by atoms with Crippen molar-refractivity contribution in [2.45, 2.75) is 226 Å². The summed E-state index contributed by atoms with van der Waals surface area (Å²) in [7, 11) is 0. The monoisotopic (exact) mass is 1080 g/mol. The van der Waals surface area contributed by atoms with Crippen molar-refractivity contribution in [3.05, 3.63) is 108 Å². The number of amides is 4. The van der Waals surface area contributed by atoms with Gasteiger partial charge in [0.15, 0.2) is 11.5 Å². The molecule has 0 saturated carbocycles. The maximum Gasteiger partial charge on any atom is 0.328 e. The number of unbranched alkanes of at least 4 members (excludes halogenated alkanes) is 27. The number of hydrogen-bond donors (Lipinski definition) is 2. The van der Waals surface area contributed by atoms with Crippen molar-refractivity contribution in [3.8, 4) is 45.3 Å². The molecule has 1 heterocycles. The lowest BCUT2D eigenvalue weighted by Gasteiger charge is -2.20. The molecule has 2 N–H and O–H groups in total. The van der Waals surface area contributed by atoms with Crippen molar-refractivity contribution in [1.29, 1.82) is 0 Å². The molecule has 0 unspecified atom stereocenters. The molecule has 1 saturated heterocycles. The third kappa shape index (κ3) is 23.0. The predicted octanol–water partition coefficient (Wildman–Crippen LogP) is 19.2. The number of fused-ring (bicyclic) bond motifs is 1. The molecular formula is C70H98N2O7. The van der Waals surface area contributed by atoms with Crippen molar-refractivity contribution < 1.29 is 33.3 Å². The van der Waals surface area contributed by atoms with Crippen LogP contribution in [0.2, 0.25) is 0 Å². The Morgan fingerprint density at radius 2 is 0.709 bits per heavy atom. The second kappa shape index (κ2) is 37.2. The summed E-state index contributed by atoms with van der Waals surface area (Å²) in [5, 5.41) is 6.62. The van der Waals surface area contributed by atoms with E-state index in [2.05, 4.69) is 92.1 Å². The van der Waals surface area contributed by atoms with Gasteiger partial charge < -0.3 is 18.9 Å². The number of barbiturate groups is 1. The molecular weight excluding hydrogens is 981 g/mol. The molecule has 0 aliphatic carbocycles. The van der Waals surface area contributed by atoms with E-state index >= 15 is 0 Å². The van der Waals surface area contributed by atoms with Gasteiger partial charge in [0.05, 0.1) is 19.8 Å². The lowest BCUT2D eigenvalue weighted by Crippen LogP contribution is -2.56. The van der Waals surface area contributed by atoms with Crippen LogP contribution in [0.3, 0.4) is 0 Å². The minimum absolute atomic E-state index is 0.216. The molecule has 0 radical (unpaired) electrons. The van der Waals surface area contributed by atoms with Gasteiger partial charge in [-0.2, -0.15) is 0 Å². The topological polar surface area (TPSA) is 112 Å². The van der Waals surface area contributed by atoms with E-state index in [0.29, 0.717) is 26.4 Å². The van der Waals surface area contributed by atoms with Gasteiger partial charge in [0.25, 0.3) is 0 Å². The minimum atomic E-state index is -0.940. The van der Waals surface area contributed by atoms with Crippen molar-refractivity contribution in [2.24, 2.45) is 5.92 Å². The first-order valence-electron chi connectivity index (χ1n) is 31.4. The highest BCUT2D eigenvalue weighted by Crippen LogP contribution is 2.40. The Balaban J connectivity index is 1.08. The number of rotatable bonds is 43. The molecule has 1 aliphatic heterocycles. The number of nitrogens with one attached hydrogen (secondary N) is 2. The third-order valence-corrected chi connectivity index (χ3v) is 15.6. The summed E-state index contributed by atoms with van der Waals surface area (Å²) in [5.74, 6) is 0.973. The van der Waals surface area contributed by atoms with E-state index in [9.17, 15) is 14.4 Å². The maximum absolute atomic E-state index is 12.3. The third-order valence-electron chi connectivity index (χ3n) is 15.6. The van der Waals surface area contributed by atoms with E-state index in [-0.39, 0.29) is 6.42 Å². The summed E-state index contributed by atoms with van der Waals surface area (Å²) in [4.78, 5) is 36.0. The van der Waals surface area contributed by atoms with E-state index < -0.39 is 23.8 Å². The van der Waals surface area contributed by atoms with Crippen molar-refractivity contribution in [2.75, 3.05) is 19.8 Å². The first kappa shape index (κ1) is 62.4. The van der Waals surface area contributed by atoms with Crippen LogP contribution in [0.15, 0.2) is 97.1 Å². The number of imide groups is 2. The Hall–Kier alpha value is -5.83. The summed E-state index contributed by atoms with van der Waals surface area (Å²) in [6, 6.07) is 32.6. The zero-order valence-corrected chi connectivity index (χ0v) is 48.9. The highest BCUT2D eigenvalue weighted by Gasteiger charge is 2.34. The number of carbonyl (C=O) groups is 3. The van der Waals surface area contributed by atoms with Crippen LogP contribution < -0.4 is 29.6 Å². The van der Waals surface area contributed by atoms with Crippen LogP contribution in [0.4, 0.5) is 4.79 Å². The van der Waals surface area contributed by atoms with Gasteiger partial charge in [0.1, 0.15) is 18.3 Å². The van der Waals surface area contributed by atoms with Crippen molar-refractivity contribution >= 4 is 28.6 Å². The van der Waals surface area contributed by atoms with Gasteiger partial charge in [-0.1, -0.05) is 255 Å². The summed E-state index contributed by atoms with van der Waals surface area (Å²) in [5.41, 5.74) is 6.16. The summed E-state index contributed by atoms with van der Waals surface area (Å²) < 4.78 is 26.5. The maximum atomic E-state index is 12.3. The average Bonchev–Trinajstić information content (AvgIpc) is 3.51. The van der Waals surface area contributed by atoms with Crippen LogP contribution in [-0.2, 0) is 22.6 Å². The van der Waals surface area contributed by atoms with E-state index in [1.54, 1.807) is 0 Å². The van der Waals surface area contributed by atoms with Gasteiger partial charge in [0, 0.05) is 0 Å². The molecule has 430 valence electrons. The normalized spacial score (nSPS) is 12.7. The average molecular weight is 1080 g/mol. The van der Waals surface area contributed by atoms with Crippen LogP contribution in [0.25, 0.3) is 33.0 Å². The second-order valence-corrected chi connectivity index (χ2v) is 22.4. The summed E-state index contributed by atoms with van der Waals surface area (Å²) in [6.07, 6.45) is 38.7. The fraction of sp³-hybridized carbons (Fsp3) is 0.557. The van der Waals surface area contributed by atoms with Crippen LogP contribution in [0, 0.1) is 5.92 Å². The molecule has 6 rings (SSSR count). The Morgan fingerprint density at radius 1 is 0.354 bits per heavy atom. The Bertz CT molecular complexity index is 2450. The van der Waals surface area contributed by atoms with Crippen LogP contribution in [-0.4, -0.2) is 37.7 Å². The van der Waals surface area contributed by atoms with Gasteiger partial charge >= 0.3 is 6.03 Å². The minimum Gasteiger partial charge on any atom is -0.490 e. The zero-order chi connectivity index (χ0) is 55.5. The lowest BCUT2D eigenvalue weighted by atomic mass is 9.94. The largest absolute Gasteiger partial charge is 0.490 e. The Kier molecular flexibility index (Phi) is 29.3. The van der Waals surface area contributed by atoms with Crippen LogP contribution >= 0.6 is 0 Å². The smallest absolute Gasteiger partial charge is 0.328 e. The van der Waals surface area contributed by atoms with Gasteiger partial charge in [-0.3, -0.25) is 20.2 Å². The highest BCUT2D eigenvalue weighted by molar-refractivity contribution is 6.16. The highest BCUT2D eigenvalue weighted by atomic mass is 16.5. The summed E-state index contributed by atoms with van der Waals surface area (Å²) in [6.45, 7) is 9.17. The molecule has 0 spiro atoms. The van der Waals surface area contributed by atoms with E-state index in [0.717, 1.165) is 86.4 Å². The Morgan fingerprint density at radius 3 is 1.11 bits per heavy atom. The first-order valence-corrected chi connectivity index (χ1v) is 31.4. The molecule has 5 aromatic rings. The fourth-order valence-electron chi connectivity index (χ4n) is 10.7. The van der Waals surface area contributed by atoms with E-state index in [1.807, 2.05) is 36.4 Å². The number of urea groups is 1. The quantitative estimate of drug-likeness (QED) is 0.0295. The summed E-state index contributed by atoms with van der Waals surface area (Å²) >= 11 is 0. The second-order valence-electron chi connectivity index (χ2n) is 22.4. The molecule has 4 amide bonds. The number of ether oxygens (including phenoxy) is 4. The molecule has 9 heteroatoms. The van der Waals surface area contributed by atoms with Crippen LogP contribution in [0.5, 0.6) is 23.0 Å². The molecule has 1 aliphatic rings. The van der Waals surface area contributed by atoms with E-state index in [1.165, 1.54) is 173 Å². The molecule has 1 fully saturated rings. The molecule has 5 aromatic carbocycles. The van der Waals surface area contributed by atoms with Crippen molar-refractivity contribution in [3.63, 3.8) is 0 Å². The number of benzene rings is 5. The molecule has 0 aromatic heterocycles. The van der Waals surface area contributed by atoms with Gasteiger partial charge in [-0.15, -0.1) is 0 Å². The number of carbonyl (C=O) groups excluding carboxylic acids is 3. The molecule has 0 atom stereocenters. The Labute approximate surface area is 476 Å². The zero-order valence-electron chi connectivity index (χ0n) is 48.9. The lowest BCUT2D eigenvalue weighted by molar-refractivity contribution is -0.135. The molecule has 9 nitrogen and oxygen atoms in total.